The Morgan fingerprint density at radius 2 is 1.48 bits per heavy atom. The number of halogens is 6. The molecule has 0 radical (unpaired) electrons. The highest BCUT2D eigenvalue weighted by atomic mass is 79.9. The summed E-state index contributed by atoms with van der Waals surface area (Å²) in [6, 6.07) is 10.6. The summed E-state index contributed by atoms with van der Waals surface area (Å²) < 4.78 is 67.8. The van der Waals surface area contributed by atoms with Crippen LogP contribution >= 0.6 is 15.9 Å². The van der Waals surface area contributed by atoms with Gasteiger partial charge in [0.2, 0.25) is 0 Å². The molecule has 2 amide bonds. The van der Waals surface area contributed by atoms with Crippen molar-refractivity contribution in [2.75, 3.05) is 10.6 Å². The number of alkyl halides is 3. The summed E-state index contributed by atoms with van der Waals surface area (Å²) in [6.07, 6.45) is -4.88. The maximum Gasteiger partial charge on any atom is 0.418 e. The predicted molar refractivity (Wildman–Crippen MR) is 108 cm³/mol. The number of carbonyl (C=O) groups excluding carboxylic acids is 2. The summed E-state index contributed by atoms with van der Waals surface area (Å²) in [5.74, 6) is -3.30. The fourth-order valence-electron chi connectivity index (χ4n) is 2.63. The summed E-state index contributed by atoms with van der Waals surface area (Å²) in [5, 5.41) is 4.32. The Balaban J connectivity index is 1.88. The molecule has 0 saturated carbocycles. The number of rotatable bonds is 4. The van der Waals surface area contributed by atoms with E-state index in [0.717, 1.165) is 36.4 Å². The molecule has 0 aliphatic rings. The molecule has 3 aromatic rings. The van der Waals surface area contributed by atoms with E-state index >= 15 is 0 Å². The summed E-state index contributed by atoms with van der Waals surface area (Å²) in [6.45, 7) is 0. The van der Waals surface area contributed by atoms with Crippen molar-refractivity contribution in [2.24, 2.45) is 0 Å². The van der Waals surface area contributed by atoms with Crippen LogP contribution in [-0.4, -0.2) is 11.8 Å². The van der Waals surface area contributed by atoms with Crippen molar-refractivity contribution >= 4 is 39.1 Å². The van der Waals surface area contributed by atoms with Crippen molar-refractivity contribution in [1.82, 2.24) is 0 Å². The minimum absolute atomic E-state index is 0.0393. The zero-order valence-electron chi connectivity index (χ0n) is 15.4. The van der Waals surface area contributed by atoms with Gasteiger partial charge >= 0.3 is 6.18 Å². The van der Waals surface area contributed by atoms with Crippen molar-refractivity contribution in [2.45, 2.75) is 6.18 Å². The van der Waals surface area contributed by atoms with E-state index in [1.165, 1.54) is 18.2 Å². The fraction of sp³-hybridized carbons (Fsp3) is 0.0476. The minimum atomic E-state index is -4.88. The van der Waals surface area contributed by atoms with Crippen LogP contribution in [0.2, 0.25) is 0 Å². The average molecular weight is 499 g/mol. The topological polar surface area (TPSA) is 58.2 Å². The van der Waals surface area contributed by atoms with E-state index in [0.29, 0.717) is 10.5 Å². The number of nitrogens with one attached hydrogen (secondary N) is 2. The molecule has 0 aliphatic carbocycles. The van der Waals surface area contributed by atoms with Crippen molar-refractivity contribution in [3.8, 4) is 0 Å². The molecule has 0 heterocycles. The van der Waals surface area contributed by atoms with E-state index in [1.807, 2.05) is 5.32 Å². The van der Waals surface area contributed by atoms with Crippen LogP contribution in [0.4, 0.5) is 33.3 Å². The molecule has 3 rings (SSSR count). The Bertz CT molecular complexity index is 1150. The van der Waals surface area contributed by atoms with Crippen LogP contribution in [0, 0.1) is 11.6 Å². The van der Waals surface area contributed by atoms with Crippen LogP contribution < -0.4 is 10.6 Å². The van der Waals surface area contributed by atoms with Crippen molar-refractivity contribution in [3.05, 3.63) is 93.5 Å². The standard InChI is InChI=1S/C21H12BrF5N2O2/c22-12-3-7-17(24)15(9-12)20(31)29-18-8-6-14(10-16(18)21(25,26)27)28-19(30)11-1-4-13(23)5-2-11/h1-10H,(H,28,30)(H,29,31). The van der Waals surface area contributed by atoms with Gasteiger partial charge in [-0.3, -0.25) is 9.59 Å². The van der Waals surface area contributed by atoms with Crippen LogP contribution in [0.5, 0.6) is 0 Å². The number of anilines is 2. The van der Waals surface area contributed by atoms with Gasteiger partial charge in [0.1, 0.15) is 11.6 Å². The van der Waals surface area contributed by atoms with E-state index in [1.54, 1.807) is 0 Å². The first kappa shape index (κ1) is 22.4. The van der Waals surface area contributed by atoms with E-state index in [9.17, 15) is 31.5 Å². The van der Waals surface area contributed by atoms with Gasteiger partial charge in [-0.1, -0.05) is 15.9 Å². The number of hydrogen-bond donors (Lipinski definition) is 2. The molecule has 3 aromatic carbocycles. The van der Waals surface area contributed by atoms with Gasteiger partial charge < -0.3 is 10.6 Å². The van der Waals surface area contributed by atoms with E-state index in [4.69, 9.17) is 0 Å². The Labute approximate surface area is 181 Å². The second kappa shape index (κ2) is 8.84. The lowest BCUT2D eigenvalue weighted by Gasteiger charge is -2.16. The number of hydrogen-bond acceptors (Lipinski definition) is 2. The summed E-state index contributed by atoms with van der Waals surface area (Å²) in [5.41, 5.74) is -2.47. The summed E-state index contributed by atoms with van der Waals surface area (Å²) >= 11 is 3.06. The van der Waals surface area contributed by atoms with E-state index in [-0.39, 0.29) is 11.3 Å². The van der Waals surface area contributed by atoms with Crippen molar-refractivity contribution in [3.63, 3.8) is 0 Å². The molecular formula is C21H12BrF5N2O2. The van der Waals surface area contributed by atoms with Crippen molar-refractivity contribution < 1.29 is 31.5 Å². The molecule has 0 saturated heterocycles. The van der Waals surface area contributed by atoms with E-state index < -0.39 is 46.4 Å². The summed E-state index contributed by atoms with van der Waals surface area (Å²) in [7, 11) is 0. The smallest absolute Gasteiger partial charge is 0.322 e. The monoisotopic (exact) mass is 498 g/mol. The summed E-state index contributed by atoms with van der Waals surface area (Å²) in [4.78, 5) is 24.5. The van der Waals surface area contributed by atoms with Gasteiger partial charge in [0.15, 0.2) is 0 Å². The Morgan fingerprint density at radius 3 is 2.13 bits per heavy atom. The first-order valence-corrected chi connectivity index (χ1v) is 9.38. The lowest BCUT2D eigenvalue weighted by molar-refractivity contribution is -0.136. The second-order valence-corrected chi connectivity index (χ2v) is 7.21. The molecule has 0 aromatic heterocycles. The highest BCUT2D eigenvalue weighted by Crippen LogP contribution is 2.37. The molecule has 0 fully saturated rings. The van der Waals surface area contributed by atoms with Gasteiger partial charge in [-0.05, 0) is 60.7 Å². The lowest BCUT2D eigenvalue weighted by atomic mass is 10.1. The van der Waals surface area contributed by atoms with Gasteiger partial charge in [-0.15, -0.1) is 0 Å². The Morgan fingerprint density at radius 1 is 0.806 bits per heavy atom. The molecule has 31 heavy (non-hydrogen) atoms. The molecule has 10 heteroatoms. The molecule has 0 unspecified atom stereocenters. The first-order chi connectivity index (χ1) is 14.5. The normalized spacial score (nSPS) is 11.2. The Hall–Kier alpha value is -3.27. The van der Waals surface area contributed by atoms with E-state index in [2.05, 4.69) is 21.2 Å². The molecule has 2 N–H and O–H groups in total. The minimum Gasteiger partial charge on any atom is -0.322 e. The quantitative estimate of drug-likeness (QED) is 0.417. The van der Waals surface area contributed by atoms with Crippen LogP contribution in [0.15, 0.2) is 65.1 Å². The third-order valence-corrected chi connectivity index (χ3v) is 4.60. The average Bonchev–Trinajstić information content (AvgIpc) is 2.70. The van der Waals surface area contributed by atoms with Gasteiger partial charge in [0, 0.05) is 15.7 Å². The number of amides is 2. The zero-order chi connectivity index (χ0) is 22.8. The lowest BCUT2D eigenvalue weighted by Crippen LogP contribution is -2.19. The highest BCUT2D eigenvalue weighted by molar-refractivity contribution is 9.10. The van der Waals surface area contributed by atoms with Crippen molar-refractivity contribution in [1.29, 1.82) is 0 Å². The van der Waals surface area contributed by atoms with Crippen LogP contribution in [0.3, 0.4) is 0 Å². The molecule has 4 nitrogen and oxygen atoms in total. The van der Waals surface area contributed by atoms with Gasteiger partial charge in [0.25, 0.3) is 11.8 Å². The van der Waals surface area contributed by atoms with Gasteiger partial charge in [-0.2, -0.15) is 13.2 Å². The number of benzene rings is 3. The molecule has 0 spiro atoms. The van der Waals surface area contributed by atoms with Gasteiger partial charge in [0.05, 0.1) is 16.8 Å². The van der Waals surface area contributed by atoms with Gasteiger partial charge in [-0.25, -0.2) is 8.78 Å². The van der Waals surface area contributed by atoms with Crippen LogP contribution in [-0.2, 0) is 6.18 Å². The maximum atomic E-state index is 13.9. The van der Waals surface area contributed by atoms with Crippen LogP contribution in [0.1, 0.15) is 26.3 Å². The fourth-order valence-corrected chi connectivity index (χ4v) is 2.99. The third kappa shape index (κ3) is 5.46. The Kier molecular flexibility index (Phi) is 6.40. The van der Waals surface area contributed by atoms with Crippen LogP contribution in [0.25, 0.3) is 0 Å². The molecule has 0 atom stereocenters. The highest BCUT2D eigenvalue weighted by Gasteiger charge is 2.34. The largest absolute Gasteiger partial charge is 0.418 e. The molecule has 0 aliphatic heterocycles. The SMILES string of the molecule is O=C(Nc1ccc(NC(=O)c2cc(Br)ccc2F)c(C(F)(F)F)c1)c1ccc(F)cc1. The third-order valence-electron chi connectivity index (χ3n) is 4.11. The maximum absolute atomic E-state index is 13.9. The zero-order valence-corrected chi connectivity index (χ0v) is 16.9. The first-order valence-electron chi connectivity index (χ1n) is 8.59. The molecule has 160 valence electrons. The number of carbonyl (C=O) groups is 2. The molecule has 0 bridgehead atoms. The second-order valence-electron chi connectivity index (χ2n) is 6.30. The molecular weight excluding hydrogens is 487 g/mol. The predicted octanol–water partition coefficient (Wildman–Crippen LogP) is 6.25.